The van der Waals surface area contributed by atoms with E-state index >= 15 is 0 Å². The molecule has 3 aromatic rings. The SMILES string of the molecule is CNn1c(-c2ccccc2)cc2cc(Cl)ccc21. The van der Waals surface area contributed by atoms with Gasteiger partial charge in [0.15, 0.2) is 0 Å². The summed E-state index contributed by atoms with van der Waals surface area (Å²) in [6.45, 7) is 0. The minimum absolute atomic E-state index is 0.760. The lowest BCUT2D eigenvalue weighted by Crippen LogP contribution is -2.09. The fraction of sp³-hybridized carbons (Fsp3) is 0.0667. The molecule has 0 aliphatic heterocycles. The number of aromatic nitrogens is 1. The fourth-order valence-corrected chi connectivity index (χ4v) is 2.43. The molecule has 1 N–H and O–H groups in total. The molecule has 0 amide bonds. The van der Waals surface area contributed by atoms with Crippen LogP contribution >= 0.6 is 11.6 Å². The Hall–Kier alpha value is -1.93. The van der Waals surface area contributed by atoms with E-state index in [-0.39, 0.29) is 0 Å². The molecule has 0 aliphatic rings. The van der Waals surface area contributed by atoms with E-state index in [0.717, 1.165) is 21.6 Å². The Balaban J connectivity index is 2.29. The van der Waals surface area contributed by atoms with Crippen molar-refractivity contribution in [2.45, 2.75) is 0 Å². The Kier molecular flexibility index (Phi) is 2.73. The van der Waals surface area contributed by atoms with Gasteiger partial charge in [-0.2, -0.15) is 0 Å². The first-order valence-corrected chi connectivity index (χ1v) is 6.21. The summed E-state index contributed by atoms with van der Waals surface area (Å²) in [5.41, 5.74) is 6.65. The van der Waals surface area contributed by atoms with Crippen molar-refractivity contribution in [2.24, 2.45) is 0 Å². The van der Waals surface area contributed by atoms with Crippen LogP contribution in [0.5, 0.6) is 0 Å². The van der Waals surface area contributed by atoms with E-state index in [1.54, 1.807) is 0 Å². The number of fused-ring (bicyclic) bond motifs is 1. The van der Waals surface area contributed by atoms with Gasteiger partial charge >= 0.3 is 0 Å². The first-order chi connectivity index (χ1) is 8.79. The van der Waals surface area contributed by atoms with Crippen LogP contribution in [0.2, 0.25) is 5.02 Å². The van der Waals surface area contributed by atoms with E-state index in [1.165, 1.54) is 5.56 Å². The summed E-state index contributed by atoms with van der Waals surface area (Å²) in [5, 5.41) is 1.89. The zero-order chi connectivity index (χ0) is 12.5. The molecule has 0 unspecified atom stereocenters. The smallest absolute Gasteiger partial charge is 0.0705 e. The highest BCUT2D eigenvalue weighted by Crippen LogP contribution is 2.28. The van der Waals surface area contributed by atoms with Gasteiger partial charge in [-0.1, -0.05) is 41.9 Å². The van der Waals surface area contributed by atoms with E-state index in [1.807, 2.05) is 43.4 Å². The summed E-state index contributed by atoms with van der Waals surface area (Å²) >= 11 is 6.04. The minimum atomic E-state index is 0.760. The van der Waals surface area contributed by atoms with Gasteiger partial charge in [-0.3, -0.25) is 4.68 Å². The van der Waals surface area contributed by atoms with E-state index < -0.39 is 0 Å². The molecule has 0 saturated heterocycles. The van der Waals surface area contributed by atoms with E-state index in [0.29, 0.717) is 0 Å². The normalized spacial score (nSPS) is 10.8. The zero-order valence-corrected chi connectivity index (χ0v) is 10.8. The quantitative estimate of drug-likeness (QED) is 0.729. The average molecular weight is 257 g/mol. The topological polar surface area (TPSA) is 17.0 Å². The molecule has 2 aromatic carbocycles. The van der Waals surface area contributed by atoms with Crippen molar-refractivity contribution < 1.29 is 0 Å². The Morgan fingerprint density at radius 2 is 1.78 bits per heavy atom. The molecular weight excluding hydrogens is 244 g/mol. The van der Waals surface area contributed by atoms with E-state index in [4.69, 9.17) is 11.6 Å². The lowest BCUT2D eigenvalue weighted by Gasteiger charge is -2.09. The molecule has 0 saturated carbocycles. The first kappa shape index (κ1) is 11.2. The summed E-state index contributed by atoms with van der Waals surface area (Å²) in [7, 11) is 1.92. The van der Waals surface area contributed by atoms with Crippen molar-refractivity contribution in [1.29, 1.82) is 0 Å². The number of nitrogens with zero attached hydrogens (tertiary/aromatic N) is 1. The molecule has 0 radical (unpaired) electrons. The van der Waals surface area contributed by atoms with Gasteiger partial charge in [-0.15, -0.1) is 0 Å². The van der Waals surface area contributed by atoms with Crippen LogP contribution in [0.4, 0.5) is 0 Å². The summed E-state index contributed by atoms with van der Waals surface area (Å²) < 4.78 is 2.07. The maximum atomic E-state index is 6.04. The van der Waals surface area contributed by atoms with Gasteiger partial charge in [-0.25, -0.2) is 0 Å². The zero-order valence-electron chi connectivity index (χ0n) is 10.0. The average Bonchev–Trinajstić information content (AvgIpc) is 2.77. The van der Waals surface area contributed by atoms with Gasteiger partial charge in [-0.05, 0) is 24.3 Å². The predicted molar refractivity (Wildman–Crippen MR) is 77.7 cm³/mol. The number of halogens is 1. The van der Waals surface area contributed by atoms with E-state index in [9.17, 15) is 0 Å². The third-order valence-corrected chi connectivity index (χ3v) is 3.29. The maximum absolute atomic E-state index is 6.04. The lowest BCUT2D eigenvalue weighted by molar-refractivity contribution is 0.985. The molecule has 0 fully saturated rings. The van der Waals surface area contributed by atoms with Crippen molar-refractivity contribution in [3.63, 3.8) is 0 Å². The molecule has 1 aromatic heterocycles. The van der Waals surface area contributed by atoms with Crippen molar-refractivity contribution in [2.75, 3.05) is 12.5 Å². The van der Waals surface area contributed by atoms with Crippen LogP contribution in [0.1, 0.15) is 0 Å². The van der Waals surface area contributed by atoms with Crippen LogP contribution in [-0.2, 0) is 0 Å². The van der Waals surface area contributed by atoms with Crippen molar-refractivity contribution in [3.8, 4) is 11.3 Å². The monoisotopic (exact) mass is 256 g/mol. The number of rotatable bonds is 2. The molecule has 18 heavy (non-hydrogen) atoms. The van der Waals surface area contributed by atoms with Gasteiger partial charge < -0.3 is 5.43 Å². The van der Waals surface area contributed by atoms with Gasteiger partial charge in [0.05, 0.1) is 11.2 Å². The van der Waals surface area contributed by atoms with Crippen molar-refractivity contribution in [1.82, 2.24) is 4.68 Å². The Labute approximate surface area is 111 Å². The summed E-state index contributed by atoms with van der Waals surface area (Å²) in [6.07, 6.45) is 0. The third-order valence-electron chi connectivity index (χ3n) is 3.06. The second kappa shape index (κ2) is 4.39. The van der Waals surface area contributed by atoms with Crippen LogP contribution in [0, 0.1) is 0 Å². The molecule has 0 spiro atoms. The molecule has 0 bridgehead atoms. The van der Waals surface area contributed by atoms with E-state index in [2.05, 4.69) is 28.3 Å². The van der Waals surface area contributed by atoms with Crippen LogP contribution < -0.4 is 5.43 Å². The fourth-order valence-electron chi connectivity index (χ4n) is 2.25. The van der Waals surface area contributed by atoms with Gasteiger partial charge in [0.1, 0.15) is 0 Å². The summed E-state index contributed by atoms with van der Waals surface area (Å²) in [6, 6.07) is 18.4. The number of benzene rings is 2. The standard InChI is InChI=1S/C15H13ClN2/c1-17-18-14-8-7-13(16)9-12(14)10-15(18)11-5-3-2-4-6-11/h2-10,17H,1H3. The lowest BCUT2D eigenvalue weighted by atomic mass is 10.1. The highest BCUT2D eigenvalue weighted by molar-refractivity contribution is 6.31. The molecular formula is C15H13ClN2. The second-order valence-corrected chi connectivity index (χ2v) is 4.59. The number of nitrogens with one attached hydrogen (secondary N) is 1. The van der Waals surface area contributed by atoms with Crippen LogP contribution in [0.25, 0.3) is 22.2 Å². The Morgan fingerprint density at radius 3 is 2.50 bits per heavy atom. The molecule has 3 heteroatoms. The van der Waals surface area contributed by atoms with Crippen molar-refractivity contribution >= 4 is 22.5 Å². The van der Waals surface area contributed by atoms with Crippen LogP contribution in [0.3, 0.4) is 0 Å². The number of hydrogen-bond acceptors (Lipinski definition) is 1. The molecule has 90 valence electrons. The maximum Gasteiger partial charge on any atom is 0.0705 e. The Morgan fingerprint density at radius 1 is 1.00 bits per heavy atom. The van der Waals surface area contributed by atoms with Crippen LogP contribution in [0.15, 0.2) is 54.6 Å². The predicted octanol–water partition coefficient (Wildman–Crippen LogP) is 4.14. The minimum Gasteiger partial charge on any atom is -0.328 e. The highest BCUT2D eigenvalue weighted by Gasteiger charge is 2.09. The molecule has 1 heterocycles. The number of hydrogen-bond donors (Lipinski definition) is 1. The Bertz CT molecular complexity index is 686. The highest BCUT2D eigenvalue weighted by atomic mass is 35.5. The van der Waals surface area contributed by atoms with Gasteiger partial charge in [0.25, 0.3) is 0 Å². The third kappa shape index (κ3) is 1.75. The molecule has 0 atom stereocenters. The summed E-state index contributed by atoms with van der Waals surface area (Å²) in [5.74, 6) is 0. The first-order valence-electron chi connectivity index (χ1n) is 5.84. The molecule has 0 aliphatic carbocycles. The van der Waals surface area contributed by atoms with Gasteiger partial charge in [0.2, 0.25) is 0 Å². The van der Waals surface area contributed by atoms with Crippen molar-refractivity contribution in [3.05, 3.63) is 59.6 Å². The summed E-state index contributed by atoms with van der Waals surface area (Å²) in [4.78, 5) is 0. The second-order valence-electron chi connectivity index (χ2n) is 4.16. The van der Waals surface area contributed by atoms with Crippen LogP contribution in [-0.4, -0.2) is 11.7 Å². The largest absolute Gasteiger partial charge is 0.328 e. The molecule has 3 rings (SSSR count). The van der Waals surface area contributed by atoms with Gasteiger partial charge in [0, 0.05) is 23.0 Å². The molecule has 2 nitrogen and oxygen atoms in total.